The van der Waals surface area contributed by atoms with Crippen molar-refractivity contribution in [2.24, 2.45) is 0 Å². The van der Waals surface area contributed by atoms with E-state index >= 15 is 0 Å². The van der Waals surface area contributed by atoms with Crippen LogP contribution in [-0.2, 0) is 22.6 Å². The fraction of sp³-hybridized carbons (Fsp3) is 0.750. The van der Waals surface area contributed by atoms with E-state index < -0.39 is 0 Å². The Bertz CT molecular complexity index is 363. The molecule has 0 aliphatic carbocycles. The molecular formula is C16H29NO2S. The Kier molecular flexibility index (Phi) is 9.10. The number of aryl methyl sites for hydroxylation is 1. The highest BCUT2D eigenvalue weighted by Gasteiger charge is 2.06. The van der Waals surface area contributed by atoms with Gasteiger partial charge in [-0.15, -0.1) is 11.3 Å². The molecule has 1 aromatic rings. The predicted molar refractivity (Wildman–Crippen MR) is 86.4 cm³/mol. The molecule has 0 radical (unpaired) electrons. The quantitative estimate of drug-likeness (QED) is 0.629. The second-order valence-electron chi connectivity index (χ2n) is 5.35. The summed E-state index contributed by atoms with van der Waals surface area (Å²) in [6, 6.07) is 2.78. The maximum atomic E-state index is 5.68. The molecule has 3 nitrogen and oxygen atoms in total. The van der Waals surface area contributed by atoms with Crippen molar-refractivity contribution in [3.63, 3.8) is 0 Å². The van der Waals surface area contributed by atoms with Crippen LogP contribution in [0, 0.1) is 6.92 Å². The van der Waals surface area contributed by atoms with Crippen molar-refractivity contribution in [1.82, 2.24) is 5.32 Å². The number of thiophene rings is 1. The lowest BCUT2D eigenvalue weighted by Gasteiger charge is -2.05. The van der Waals surface area contributed by atoms with Crippen LogP contribution in [-0.4, -0.2) is 25.9 Å². The van der Waals surface area contributed by atoms with E-state index in [1.165, 1.54) is 21.7 Å². The van der Waals surface area contributed by atoms with E-state index in [1.807, 2.05) is 11.3 Å². The van der Waals surface area contributed by atoms with Gasteiger partial charge in [0, 0.05) is 28.9 Å². The third-order valence-electron chi connectivity index (χ3n) is 3.03. The standard InChI is InChI=1S/C16H29NO2S/c1-5-6-7-18-8-9-19-12-15-10-16(20-14(15)4)11-17-13(2)3/h10,13,17H,5-9,11-12H2,1-4H3. The first kappa shape index (κ1) is 17.6. The van der Waals surface area contributed by atoms with Crippen molar-refractivity contribution in [2.75, 3.05) is 19.8 Å². The van der Waals surface area contributed by atoms with Crippen LogP contribution in [0.2, 0.25) is 0 Å². The normalized spacial score (nSPS) is 11.4. The van der Waals surface area contributed by atoms with E-state index in [2.05, 4.69) is 39.1 Å². The number of ether oxygens (including phenoxy) is 2. The smallest absolute Gasteiger partial charge is 0.0728 e. The SMILES string of the molecule is CCCCOCCOCc1cc(CNC(C)C)sc1C. The second-order valence-corrected chi connectivity index (χ2v) is 6.69. The zero-order valence-corrected chi connectivity index (χ0v) is 14.1. The molecule has 0 fully saturated rings. The number of hydrogen-bond acceptors (Lipinski definition) is 4. The summed E-state index contributed by atoms with van der Waals surface area (Å²) >= 11 is 1.86. The van der Waals surface area contributed by atoms with E-state index in [0.29, 0.717) is 25.9 Å². The number of nitrogens with one attached hydrogen (secondary N) is 1. The first-order chi connectivity index (χ1) is 9.63. The summed E-state index contributed by atoms with van der Waals surface area (Å²) in [5.41, 5.74) is 1.31. The summed E-state index contributed by atoms with van der Waals surface area (Å²) < 4.78 is 11.2. The first-order valence-electron chi connectivity index (χ1n) is 7.60. The molecular weight excluding hydrogens is 270 g/mol. The van der Waals surface area contributed by atoms with E-state index in [4.69, 9.17) is 9.47 Å². The summed E-state index contributed by atoms with van der Waals surface area (Å²) in [4.78, 5) is 2.74. The highest BCUT2D eigenvalue weighted by Crippen LogP contribution is 2.22. The molecule has 116 valence electrons. The van der Waals surface area contributed by atoms with Gasteiger partial charge in [0.05, 0.1) is 19.8 Å². The molecule has 1 rings (SSSR count). The molecule has 4 heteroatoms. The Morgan fingerprint density at radius 1 is 1.20 bits per heavy atom. The molecule has 0 aliphatic heterocycles. The van der Waals surface area contributed by atoms with E-state index in [9.17, 15) is 0 Å². The van der Waals surface area contributed by atoms with Gasteiger partial charge in [-0.3, -0.25) is 0 Å². The molecule has 0 saturated heterocycles. The molecule has 20 heavy (non-hydrogen) atoms. The molecule has 0 aliphatic rings. The molecule has 0 atom stereocenters. The van der Waals surface area contributed by atoms with Crippen LogP contribution in [0.15, 0.2) is 6.07 Å². The second kappa shape index (κ2) is 10.3. The van der Waals surface area contributed by atoms with Crippen LogP contribution in [0.4, 0.5) is 0 Å². The van der Waals surface area contributed by atoms with Crippen LogP contribution in [0.25, 0.3) is 0 Å². The minimum absolute atomic E-state index is 0.525. The topological polar surface area (TPSA) is 30.5 Å². The van der Waals surface area contributed by atoms with Crippen molar-refractivity contribution in [3.05, 3.63) is 21.4 Å². The average molecular weight is 299 g/mol. The van der Waals surface area contributed by atoms with E-state index in [1.54, 1.807) is 0 Å². The Labute approximate surface area is 127 Å². The third kappa shape index (κ3) is 7.39. The van der Waals surface area contributed by atoms with Gasteiger partial charge in [0.2, 0.25) is 0 Å². The molecule has 1 heterocycles. The van der Waals surface area contributed by atoms with Crippen LogP contribution in [0.3, 0.4) is 0 Å². The zero-order valence-electron chi connectivity index (χ0n) is 13.3. The highest BCUT2D eigenvalue weighted by atomic mass is 32.1. The highest BCUT2D eigenvalue weighted by molar-refractivity contribution is 7.12. The van der Waals surface area contributed by atoms with Gasteiger partial charge in [0.25, 0.3) is 0 Å². The molecule has 0 bridgehead atoms. The van der Waals surface area contributed by atoms with Crippen LogP contribution in [0.1, 0.15) is 48.9 Å². The summed E-state index contributed by atoms with van der Waals surface area (Å²) in [5, 5.41) is 3.45. The van der Waals surface area contributed by atoms with Crippen molar-refractivity contribution in [3.8, 4) is 0 Å². The average Bonchev–Trinajstić information content (AvgIpc) is 2.76. The minimum Gasteiger partial charge on any atom is -0.379 e. The molecule has 0 unspecified atom stereocenters. The third-order valence-corrected chi connectivity index (χ3v) is 4.12. The molecule has 1 N–H and O–H groups in total. The minimum atomic E-state index is 0.525. The van der Waals surface area contributed by atoms with Crippen LogP contribution < -0.4 is 5.32 Å². The van der Waals surface area contributed by atoms with Crippen molar-refractivity contribution in [1.29, 1.82) is 0 Å². The monoisotopic (exact) mass is 299 g/mol. The lowest BCUT2D eigenvalue weighted by Crippen LogP contribution is -2.21. The Morgan fingerprint density at radius 3 is 2.65 bits per heavy atom. The van der Waals surface area contributed by atoms with Crippen LogP contribution in [0.5, 0.6) is 0 Å². The zero-order chi connectivity index (χ0) is 14.8. The number of unbranched alkanes of at least 4 members (excludes halogenated alkanes) is 1. The maximum absolute atomic E-state index is 5.68. The maximum Gasteiger partial charge on any atom is 0.0728 e. The Morgan fingerprint density at radius 2 is 1.95 bits per heavy atom. The molecule has 0 spiro atoms. The van der Waals surface area contributed by atoms with Gasteiger partial charge in [-0.2, -0.15) is 0 Å². The van der Waals surface area contributed by atoms with Gasteiger partial charge in [-0.25, -0.2) is 0 Å². The van der Waals surface area contributed by atoms with Crippen molar-refractivity contribution in [2.45, 2.75) is 59.7 Å². The summed E-state index contributed by atoms with van der Waals surface area (Å²) in [5.74, 6) is 0. The number of hydrogen-bond donors (Lipinski definition) is 1. The van der Waals surface area contributed by atoms with Crippen molar-refractivity contribution < 1.29 is 9.47 Å². The summed E-state index contributed by atoms with van der Waals surface area (Å²) in [7, 11) is 0. The molecule has 1 aromatic heterocycles. The van der Waals surface area contributed by atoms with Gasteiger partial charge in [0.1, 0.15) is 0 Å². The lowest BCUT2D eigenvalue weighted by atomic mass is 10.2. The molecule has 0 amide bonds. The fourth-order valence-electron chi connectivity index (χ4n) is 1.77. The van der Waals surface area contributed by atoms with Gasteiger partial charge >= 0.3 is 0 Å². The van der Waals surface area contributed by atoms with Gasteiger partial charge in [0.15, 0.2) is 0 Å². The van der Waals surface area contributed by atoms with Crippen LogP contribution >= 0.6 is 11.3 Å². The largest absolute Gasteiger partial charge is 0.379 e. The van der Waals surface area contributed by atoms with Gasteiger partial charge in [-0.05, 0) is 25.0 Å². The first-order valence-corrected chi connectivity index (χ1v) is 8.42. The van der Waals surface area contributed by atoms with E-state index in [-0.39, 0.29) is 0 Å². The van der Waals surface area contributed by atoms with Gasteiger partial charge in [-0.1, -0.05) is 27.2 Å². The lowest BCUT2D eigenvalue weighted by molar-refractivity contribution is 0.0396. The number of rotatable bonds is 11. The van der Waals surface area contributed by atoms with Crippen molar-refractivity contribution >= 4 is 11.3 Å². The predicted octanol–water partition coefficient (Wildman–Crippen LogP) is 3.89. The van der Waals surface area contributed by atoms with Gasteiger partial charge < -0.3 is 14.8 Å². The molecule has 0 aromatic carbocycles. The molecule has 0 saturated carbocycles. The van der Waals surface area contributed by atoms with E-state index in [0.717, 1.165) is 19.6 Å². The Balaban J connectivity index is 2.19. The summed E-state index contributed by atoms with van der Waals surface area (Å²) in [6.45, 7) is 12.5. The Hall–Kier alpha value is -0.420. The fourth-order valence-corrected chi connectivity index (χ4v) is 2.77. The summed E-state index contributed by atoms with van der Waals surface area (Å²) in [6.07, 6.45) is 2.32.